The van der Waals surface area contributed by atoms with Crippen molar-refractivity contribution in [2.75, 3.05) is 0 Å². The van der Waals surface area contributed by atoms with Crippen molar-refractivity contribution in [2.24, 2.45) is 0 Å². The van der Waals surface area contributed by atoms with Crippen LogP contribution in [-0.4, -0.2) is 15.9 Å². The van der Waals surface area contributed by atoms with Crippen LogP contribution in [0.25, 0.3) is 17.1 Å². The third-order valence-corrected chi connectivity index (χ3v) is 3.88. The molecule has 0 fully saturated rings. The van der Waals surface area contributed by atoms with Crippen LogP contribution in [0.15, 0.2) is 60.8 Å². The Morgan fingerprint density at radius 3 is 2.52 bits per heavy atom. The molecule has 0 radical (unpaired) electrons. The van der Waals surface area contributed by atoms with Crippen molar-refractivity contribution < 1.29 is 9.53 Å². The molecule has 0 atom stereocenters. The molecule has 3 aromatic rings. The summed E-state index contributed by atoms with van der Waals surface area (Å²) >= 11 is 0. The highest BCUT2D eigenvalue weighted by Crippen LogP contribution is 2.15. The number of fused-ring (bicyclic) bond motifs is 1. The first-order chi connectivity index (χ1) is 12.1. The van der Waals surface area contributed by atoms with Crippen molar-refractivity contribution in [3.8, 4) is 0 Å². The minimum absolute atomic E-state index is 0.255. The first-order valence-corrected chi connectivity index (χ1v) is 8.27. The van der Waals surface area contributed by atoms with E-state index in [1.807, 2.05) is 36.4 Å². The number of ether oxygens (including phenoxy) is 1. The monoisotopic (exact) mass is 332 g/mol. The van der Waals surface area contributed by atoms with Gasteiger partial charge >= 0.3 is 5.97 Å². The molecule has 0 aliphatic carbocycles. The third kappa shape index (κ3) is 4.51. The summed E-state index contributed by atoms with van der Waals surface area (Å²) in [5, 5.41) is 0. The molecule has 0 saturated heterocycles. The minimum atomic E-state index is -0.400. The van der Waals surface area contributed by atoms with Gasteiger partial charge in [-0.15, -0.1) is 0 Å². The number of aromatic nitrogens is 2. The summed E-state index contributed by atoms with van der Waals surface area (Å²) in [6.45, 7) is 4.55. The lowest BCUT2D eigenvalue weighted by molar-refractivity contribution is -0.138. The van der Waals surface area contributed by atoms with E-state index >= 15 is 0 Å². The van der Waals surface area contributed by atoms with Crippen molar-refractivity contribution in [1.82, 2.24) is 9.97 Å². The Kier molecular flexibility index (Phi) is 5.19. The maximum Gasteiger partial charge on any atom is 0.331 e. The lowest BCUT2D eigenvalue weighted by Gasteiger charge is -2.07. The molecule has 2 aromatic carbocycles. The molecule has 0 aliphatic rings. The van der Waals surface area contributed by atoms with Gasteiger partial charge in [0.15, 0.2) is 0 Å². The van der Waals surface area contributed by atoms with Gasteiger partial charge in [0.1, 0.15) is 6.61 Å². The van der Waals surface area contributed by atoms with Crippen molar-refractivity contribution in [1.29, 1.82) is 0 Å². The number of nitrogens with zero attached hydrogens (tertiary/aromatic N) is 2. The number of rotatable bonds is 5. The molecule has 0 N–H and O–H groups in total. The van der Waals surface area contributed by atoms with Gasteiger partial charge in [0.25, 0.3) is 0 Å². The predicted octanol–water partition coefficient (Wildman–Crippen LogP) is 4.51. The van der Waals surface area contributed by atoms with Gasteiger partial charge in [-0.2, -0.15) is 0 Å². The van der Waals surface area contributed by atoms with Crippen LogP contribution in [0.5, 0.6) is 0 Å². The second kappa shape index (κ2) is 7.71. The normalized spacial score (nSPS) is 11.3. The summed E-state index contributed by atoms with van der Waals surface area (Å²) in [6.07, 6.45) is 4.63. The van der Waals surface area contributed by atoms with Gasteiger partial charge in [0.2, 0.25) is 0 Å². The van der Waals surface area contributed by atoms with E-state index in [-0.39, 0.29) is 6.61 Å². The predicted molar refractivity (Wildman–Crippen MR) is 98.9 cm³/mol. The Hall–Kier alpha value is -3.01. The summed E-state index contributed by atoms with van der Waals surface area (Å²) < 4.78 is 5.26. The highest BCUT2D eigenvalue weighted by atomic mass is 16.5. The van der Waals surface area contributed by atoms with Gasteiger partial charge in [0.05, 0.1) is 22.9 Å². The maximum atomic E-state index is 11.9. The highest BCUT2D eigenvalue weighted by molar-refractivity contribution is 5.87. The molecule has 25 heavy (non-hydrogen) atoms. The minimum Gasteiger partial charge on any atom is -0.458 e. The van der Waals surface area contributed by atoms with Crippen LogP contribution in [0.4, 0.5) is 0 Å². The van der Waals surface area contributed by atoms with Gasteiger partial charge in [0, 0.05) is 6.08 Å². The van der Waals surface area contributed by atoms with Crippen molar-refractivity contribution in [3.63, 3.8) is 0 Å². The second-order valence-electron chi connectivity index (χ2n) is 6.12. The summed E-state index contributed by atoms with van der Waals surface area (Å²) in [6, 6.07) is 15.7. The molecule has 1 heterocycles. The number of carbonyl (C=O) groups excluding carboxylic acids is 1. The number of esters is 1. The molecule has 1 aromatic heterocycles. The van der Waals surface area contributed by atoms with Crippen LogP contribution >= 0.6 is 0 Å². The Morgan fingerprint density at radius 1 is 1.08 bits per heavy atom. The number of para-hydroxylation sites is 2. The molecule has 0 bridgehead atoms. The van der Waals surface area contributed by atoms with E-state index in [1.54, 1.807) is 12.3 Å². The molecule has 0 unspecified atom stereocenters. The highest BCUT2D eigenvalue weighted by Gasteiger charge is 2.02. The topological polar surface area (TPSA) is 52.1 Å². The number of carbonyl (C=O) groups is 1. The number of benzene rings is 2. The summed E-state index contributed by atoms with van der Waals surface area (Å²) in [5.74, 6) is 0.0884. The fourth-order valence-corrected chi connectivity index (χ4v) is 2.41. The summed E-state index contributed by atoms with van der Waals surface area (Å²) in [5.41, 5.74) is 4.48. The molecular formula is C21H20N2O2. The number of hydrogen-bond acceptors (Lipinski definition) is 4. The molecule has 0 amide bonds. The average Bonchev–Trinajstić information content (AvgIpc) is 2.65. The van der Waals surface area contributed by atoms with Gasteiger partial charge in [-0.3, -0.25) is 4.98 Å². The molecule has 0 saturated carbocycles. The van der Waals surface area contributed by atoms with E-state index in [4.69, 9.17) is 4.74 Å². The zero-order valence-electron chi connectivity index (χ0n) is 14.3. The zero-order chi connectivity index (χ0) is 17.6. The lowest BCUT2D eigenvalue weighted by Crippen LogP contribution is -2.01. The molecule has 126 valence electrons. The van der Waals surface area contributed by atoms with Gasteiger partial charge < -0.3 is 4.74 Å². The smallest absolute Gasteiger partial charge is 0.331 e. The van der Waals surface area contributed by atoms with E-state index in [1.165, 1.54) is 11.6 Å². The summed E-state index contributed by atoms with van der Waals surface area (Å²) in [7, 11) is 0. The van der Waals surface area contributed by atoms with Crippen LogP contribution in [0.1, 0.15) is 36.6 Å². The Labute approximate surface area is 147 Å². The second-order valence-corrected chi connectivity index (χ2v) is 6.12. The Balaban J connectivity index is 1.58. The van der Waals surface area contributed by atoms with Gasteiger partial charge in [-0.05, 0) is 35.3 Å². The van der Waals surface area contributed by atoms with Crippen molar-refractivity contribution in [2.45, 2.75) is 26.4 Å². The molecular weight excluding hydrogens is 312 g/mol. The van der Waals surface area contributed by atoms with Gasteiger partial charge in [-0.1, -0.05) is 50.2 Å². The lowest BCUT2D eigenvalue weighted by atomic mass is 10.0. The largest absolute Gasteiger partial charge is 0.458 e. The molecule has 3 rings (SSSR count). The molecule has 4 heteroatoms. The number of hydrogen-bond donors (Lipinski definition) is 0. The van der Waals surface area contributed by atoms with Crippen molar-refractivity contribution in [3.05, 3.63) is 77.6 Å². The van der Waals surface area contributed by atoms with E-state index in [9.17, 15) is 4.79 Å². The average molecular weight is 332 g/mol. The van der Waals surface area contributed by atoms with Crippen LogP contribution < -0.4 is 0 Å². The van der Waals surface area contributed by atoms with E-state index in [0.717, 1.165) is 16.6 Å². The van der Waals surface area contributed by atoms with Crippen LogP contribution in [0, 0.1) is 0 Å². The summed E-state index contributed by atoms with van der Waals surface area (Å²) in [4.78, 5) is 20.6. The first kappa shape index (κ1) is 16.8. The molecule has 4 nitrogen and oxygen atoms in total. The van der Waals surface area contributed by atoms with Crippen LogP contribution in [0.2, 0.25) is 0 Å². The molecule has 0 aliphatic heterocycles. The zero-order valence-corrected chi connectivity index (χ0v) is 14.3. The maximum absolute atomic E-state index is 11.9. The Bertz CT molecular complexity index is 899. The fraction of sp³-hybridized carbons (Fsp3) is 0.190. The third-order valence-electron chi connectivity index (χ3n) is 3.88. The fourth-order valence-electron chi connectivity index (χ4n) is 2.41. The van der Waals surface area contributed by atoms with E-state index in [0.29, 0.717) is 11.6 Å². The van der Waals surface area contributed by atoms with Crippen molar-refractivity contribution >= 4 is 23.1 Å². The van der Waals surface area contributed by atoms with Crippen LogP contribution in [0.3, 0.4) is 0 Å². The van der Waals surface area contributed by atoms with Gasteiger partial charge in [-0.25, -0.2) is 9.78 Å². The van der Waals surface area contributed by atoms with E-state index < -0.39 is 5.97 Å². The first-order valence-electron chi connectivity index (χ1n) is 8.27. The van der Waals surface area contributed by atoms with E-state index in [2.05, 4.69) is 35.9 Å². The molecule has 0 spiro atoms. The quantitative estimate of drug-likeness (QED) is 0.509. The Morgan fingerprint density at radius 2 is 1.80 bits per heavy atom. The SMILES string of the molecule is CC(C)c1ccc(COC(=O)/C=C/c2cnc3ccccc3n2)cc1. The van der Waals surface area contributed by atoms with Crippen LogP contribution in [-0.2, 0) is 16.1 Å². The standard InChI is InChI=1S/C21H20N2O2/c1-15(2)17-9-7-16(8-10-17)14-25-21(24)12-11-18-13-22-19-5-3-4-6-20(19)23-18/h3-13,15H,14H2,1-2H3/b12-11+.